The maximum atomic E-state index is 12.3. The fourth-order valence-electron chi connectivity index (χ4n) is 2.16. The Hall–Kier alpha value is -3.02. The number of anilines is 1. The number of hydrogen-bond donors (Lipinski definition) is 2. The Morgan fingerprint density at radius 3 is 2.36 bits per heavy atom. The van der Waals surface area contributed by atoms with Gasteiger partial charge < -0.3 is 19.9 Å². The maximum Gasteiger partial charge on any atom is 0.335 e. The fraction of sp³-hybridized carbons (Fsp3) is 0.263. The number of rotatable bonds is 8. The normalized spacial score (nSPS) is 10.2. The van der Waals surface area contributed by atoms with Crippen LogP contribution in [0.1, 0.15) is 40.5 Å². The van der Waals surface area contributed by atoms with Gasteiger partial charge in [0.1, 0.15) is 11.5 Å². The molecule has 0 unspecified atom stereocenters. The zero-order valence-electron chi connectivity index (χ0n) is 14.2. The molecule has 0 aliphatic heterocycles. The van der Waals surface area contributed by atoms with Crippen LogP contribution in [0.5, 0.6) is 11.5 Å². The zero-order chi connectivity index (χ0) is 18.2. The van der Waals surface area contributed by atoms with Crippen LogP contribution in [0.2, 0.25) is 0 Å². The number of unbranched alkanes of at least 4 members (excludes halogenated alkanes) is 1. The van der Waals surface area contributed by atoms with Crippen molar-refractivity contribution >= 4 is 17.6 Å². The van der Waals surface area contributed by atoms with Gasteiger partial charge in [0.25, 0.3) is 5.91 Å². The number of nitrogens with one attached hydrogen (secondary N) is 1. The quantitative estimate of drug-likeness (QED) is 0.712. The molecular formula is C19H21NO5. The second kappa shape index (κ2) is 8.73. The number of hydrogen-bond acceptors (Lipinski definition) is 4. The first kappa shape index (κ1) is 18.3. The van der Waals surface area contributed by atoms with Crippen LogP contribution in [0.3, 0.4) is 0 Å². The highest BCUT2D eigenvalue weighted by atomic mass is 16.5. The Bertz CT molecular complexity index is 740. The van der Waals surface area contributed by atoms with Crippen molar-refractivity contribution in [2.45, 2.75) is 19.8 Å². The number of methoxy groups -OCH3 is 1. The van der Waals surface area contributed by atoms with E-state index in [2.05, 4.69) is 12.2 Å². The molecule has 25 heavy (non-hydrogen) atoms. The number of amides is 1. The molecule has 2 aromatic carbocycles. The number of aromatic carboxylic acids is 1. The average Bonchev–Trinajstić information content (AvgIpc) is 2.62. The van der Waals surface area contributed by atoms with Crippen molar-refractivity contribution in [2.24, 2.45) is 0 Å². The lowest BCUT2D eigenvalue weighted by Crippen LogP contribution is -2.13. The van der Waals surface area contributed by atoms with Gasteiger partial charge in [-0.25, -0.2) is 4.79 Å². The van der Waals surface area contributed by atoms with Gasteiger partial charge in [-0.2, -0.15) is 0 Å². The number of carboxylic acids is 1. The van der Waals surface area contributed by atoms with E-state index in [1.54, 1.807) is 24.3 Å². The van der Waals surface area contributed by atoms with Gasteiger partial charge in [0.15, 0.2) is 0 Å². The third-order valence-electron chi connectivity index (χ3n) is 3.58. The summed E-state index contributed by atoms with van der Waals surface area (Å²) in [6.45, 7) is 2.74. The molecule has 132 valence electrons. The Morgan fingerprint density at radius 1 is 1.08 bits per heavy atom. The molecule has 2 rings (SSSR count). The molecule has 6 nitrogen and oxygen atoms in total. The van der Waals surface area contributed by atoms with Crippen LogP contribution in [0, 0.1) is 0 Å². The number of carboxylic acid groups (broad SMARTS) is 1. The Labute approximate surface area is 146 Å². The lowest BCUT2D eigenvalue weighted by Gasteiger charge is -2.11. The van der Waals surface area contributed by atoms with Crippen LogP contribution in [-0.2, 0) is 0 Å². The second-order valence-electron chi connectivity index (χ2n) is 5.40. The molecule has 0 aliphatic carbocycles. The van der Waals surface area contributed by atoms with Crippen molar-refractivity contribution in [1.29, 1.82) is 0 Å². The summed E-state index contributed by atoms with van der Waals surface area (Å²) in [5.41, 5.74) is 0.955. The van der Waals surface area contributed by atoms with E-state index in [0.717, 1.165) is 12.8 Å². The van der Waals surface area contributed by atoms with Gasteiger partial charge in [0, 0.05) is 5.56 Å². The van der Waals surface area contributed by atoms with Crippen molar-refractivity contribution < 1.29 is 24.2 Å². The highest BCUT2D eigenvalue weighted by Crippen LogP contribution is 2.26. The smallest absolute Gasteiger partial charge is 0.335 e. The summed E-state index contributed by atoms with van der Waals surface area (Å²) in [5.74, 6) is -0.377. The van der Waals surface area contributed by atoms with E-state index >= 15 is 0 Å². The molecular weight excluding hydrogens is 322 g/mol. The number of benzene rings is 2. The SMILES string of the molecule is CCCCOc1ccc(C(=O)Nc2ccc(C(=O)O)cc2OC)cc1. The largest absolute Gasteiger partial charge is 0.495 e. The van der Waals surface area contributed by atoms with Crippen LogP contribution < -0.4 is 14.8 Å². The van der Waals surface area contributed by atoms with Crippen LogP contribution in [0.15, 0.2) is 42.5 Å². The standard InChI is InChI=1S/C19H21NO5/c1-3-4-11-25-15-8-5-13(6-9-15)18(21)20-16-10-7-14(19(22)23)12-17(16)24-2/h5-10,12H,3-4,11H2,1-2H3,(H,20,21)(H,22,23). The Kier molecular flexibility index (Phi) is 6.39. The summed E-state index contributed by atoms with van der Waals surface area (Å²) in [7, 11) is 1.42. The number of carbonyl (C=O) groups excluding carboxylic acids is 1. The monoisotopic (exact) mass is 343 g/mol. The molecule has 0 spiro atoms. The minimum atomic E-state index is -1.06. The summed E-state index contributed by atoms with van der Waals surface area (Å²) in [6.07, 6.45) is 2.04. The molecule has 0 aromatic heterocycles. The molecule has 0 radical (unpaired) electrons. The Morgan fingerprint density at radius 2 is 1.76 bits per heavy atom. The average molecular weight is 343 g/mol. The first-order chi connectivity index (χ1) is 12.0. The van der Waals surface area contributed by atoms with Crippen LogP contribution in [0.25, 0.3) is 0 Å². The molecule has 0 saturated heterocycles. The zero-order valence-corrected chi connectivity index (χ0v) is 14.2. The van der Waals surface area contributed by atoms with Crippen LogP contribution >= 0.6 is 0 Å². The molecule has 0 atom stereocenters. The van der Waals surface area contributed by atoms with Gasteiger partial charge in [0.2, 0.25) is 0 Å². The van der Waals surface area contributed by atoms with Gasteiger partial charge in [0.05, 0.1) is 25.0 Å². The van der Waals surface area contributed by atoms with Crippen LogP contribution in [0.4, 0.5) is 5.69 Å². The maximum absolute atomic E-state index is 12.3. The molecule has 6 heteroatoms. The lowest BCUT2D eigenvalue weighted by atomic mass is 10.1. The van der Waals surface area contributed by atoms with Gasteiger partial charge in [-0.3, -0.25) is 4.79 Å². The van der Waals surface area contributed by atoms with Gasteiger partial charge in [-0.15, -0.1) is 0 Å². The van der Waals surface area contributed by atoms with Gasteiger partial charge in [-0.1, -0.05) is 13.3 Å². The summed E-state index contributed by atoms with van der Waals surface area (Å²) in [6, 6.07) is 11.1. The van der Waals surface area contributed by atoms with Crippen molar-refractivity contribution in [3.05, 3.63) is 53.6 Å². The van der Waals surface area contributed by atoms with Gasteiger partial charge >= 0.3 is 5.97 Å². The molecule has 0 aliphatic rings. The van der Waals surface area contributed by atoms with Crippen LogP contribution in [-0.4, -0.2) is 30.7 Å². The first-order valence-electron chi connectivity index (χ1n) is 8.00. The van der Waals surface area contributed by atoms with E-state index in [1.807, 2.05) is 0 Å². The fourth-order valence-corrected chi connectivity index (χ4v) is 2.16. The third-order valence-corrected chi connectivity index (χ3v) is 3.58. The van der Waals surface area contributed by atoms with E-state index in [4.69, 9.17) is 14.6 Å². The minimum absolute atomic E-state index is 0.0865. The van der Waals surface area contributed by atoms with Crippen molar-refractivity contribution in [2.75, 3.05) is 19.0 Å². The predicted molar refractivity (Wildman–Crippen MR) is 94.8 cm³/mol. The van der Waals surface area contributed by atoms with E-state index in [1.165, 1.54) is 25.3 Å². The molecule has 0 fully saturated rings. The topological polar surface area (TPSA) is 84.9 Å². The second-order valence-corrected chi connectivity index (χ2v) is 5.40. The van der Waals surface area contributed by atoms with Crippen molar-refractivity contribution in [1.82, 2.24) is 0 Å². The summed E-state index contributed by atoms with van der Waals surface area (Å²) >= 11 is 0. The summed E-state index contributed by atoms with van der Waals surface area (Å²) < 4.78 is 10.7. The minimum Gasteiger partial charge on any atom is -0.495 e. The lowest BCUT2D eigenvalue weighted by molar-refractivity contribution is 0.0696. The van der Waals surface area contributed by atoms with Gasteiger partial charge in [-0.05, 0) is 48.9 Å². The molecule has 0 heterocycles. The summed E-state index contributed by atoms with van der Waals surface area (Å²) in [4.78, 5) is 23.3. The molecule has 0 bridgehead atoms. The highest BCUT2D eigenvalue weighted by molar-refractivity contribution is 6.05. The van der Waals surface area contributed by atoms with E-state index in [0.29, 0.717) is 23.6 Å². The first-order valence-corrected chi connectivity index (χ1v) is 8.00. The third kappa shape index (κ3) is 4.97. The number of carbonyl (C=O) groups is 2. The summed E-state index contributed by atoms with van der Waals surface area (Å²) in [5, 5.41) is 11.7. The molecule has 1 amide bonds. The number of ether oxygens (including phenoxy) is 2. The van der Waals surface area contributed by atoms with E-state index in [9.17, 15) is 9.59 Å². The van der Waals surface area contributed by atoms with E-state index in [-0.39, 0.29) is 17.2 Å². The molecule has 2 N–H and O–H groups in total. The predicted octanol–water partition coefficient (Wildman–Crippen LogP) is 3.82. The Balaban J connectivity index is 2.07. The van der Waals surface area contributed by atoms with Crippen molar-refractivity contribution in [3.8, 4) is 11.5 Å². The molecule has 2 aromatic rings. The molecule has 0 saturated carbocycles. The van der Waals surface area contributed by atoms with Crippen molar-refractivity contribution in [3.63, 3.8) is 0 Å². The van der Waals surface area contributed by atoms with E-state index < -0.39 is 5.97 Å². The highest BCUT2D eigenvalue weighted by Gasteiger charge is 2.12.